The molecule has 0 aliphatic carbocycles. The smallest absolute Gasteiger partial charge is 0.117 e. The second-order valence-corrected chi connectivity index (χ2v) is 3.58. The van der Waals surface area contributed by atoms with Crippen molar-refractivity contribution in [1.29, 1.82) is 0 Å². The van der Waals surface area contributed by atoms with Crippen LogP contribution in [0.5, 0.6) is 5.75 Å². The van der Waals surface area contributed by atoms with Gasteiger partial charge in [-0.15, -0.1) is 0 Å². The van der Waals surface area contributed by atoms with E-state index in [0.717, 1.165) is 23.0 Å². The Morgan fingerprint density at radius 1 is 1.57 bits per heavy atom. The summed E-state index contributed by atoms with van der Waals surface area (Å²) < 4.78 is 0. The Hall–Kier alpha value is -1.55. The molecule has 2 aromatic rings. The molecule has 2 rings (SSSR count). The molecular weight excluding hydrogens is 178 g/mol. The van der Waals surface area contributed by atoms with Crippen LogP contribution in [0.15, 0.2) is 18.2 Å². The van der Waals surface area contributed by atoms with E-state index in [1.54, 1.807) is 12.1 Å². The van der Waals surface area contributed by atoms with E-state index in [0.29, 0.717) is 0 Å². The predicted molar refractivity (Wildman–Crippen MR) is 55.1 cm³/mol. The number of aromatic hydroxyl groups is 1. The summed E-state index contributed by atoms with van der Waals surface area (Å²) in [6, 6.07) is 5.26. The Morgan fingerprint density at radius 2 is 2.36 bits per heavy atom. The third-order valence-electron chi connectivity index (χ3n) is 2.14. The number of aromatic nitrogens is 2. The van der Waals surface area contributed by atoms with Crippen molar-refractivity contribution in [3.8, 4) is 5.75 Å². The molecule has 0 amide bonds. The average molecular weight is 191 g/mol. The minimum Gasteiger partial charge on any atom is -0.508 e. The molecule has 4 heteroatoms. The number of nitrogens with two attached hydrogens (primary N) is 1. The lowest BCUT2D eigenvalue weighted by atomic mass is 10.1. The molecule has 0 radical (unpaired) electrons. The van der Waals surface area contributed by atoms with Gasteiger partial charge in [-0.05, 0) is 19.1 Å². The van der Waals surface area contributed by atoms with Gasteiger partial charge < -0.3 is 10.8 Å². The van der Waals surface area contributed by atoms with Crippen LogP contribution in [0.4, 0.5) is 0 Å². The molecule has 0 bridgehead atoms. The molecule has 0 spiro atoms. The lowest BCUT2D eigenvalue weighted by Crippen LogP contribution is -2.18. The highest BCUT2D eigenvalue weighted by Crippen LogP contribution is 2.21. The third-order valence-corrected chi connectivity index (χ3v) is 2.14. The fourth-order valence-corrected chi connectivity index (χ4v) is 1.52. The van der Waals surface area contributed by atoms with Gasteiger partial charge >= 0.3 is 0 Å². The van der Waals surface area contributed by atoms with E-state index in [-0.39, 0.29) is 11.8 Å². The Balaban J connectivity index is 2.47. The van der Waals surface area contributed by atoms with E-state index in [1.807, 2.05) is 13.0 Å². The third kappa shape index (κ3) is 1.56. The van der Waals surface area contributed by atoms with Gasteiger partial charge in [-0.1, -0.05) is 0 Å². The fraction of sp³-hybridized carbons (Fsp3) is 0.300. The molecule has 1 aromatic heterocycles. The van der Waals surface area contributed by atoms with Gasteiger partial charge in [-0.3, -0.25) is 5.10 Å². The Morgan fingerprint density at radius 3 is 3.07 bits per heavy atom. The van der Waals surface area contributed by atoms with Crippen molar-refractivity contribution >= 4 is 10.9 Å². The Kier molecular flexibility index (Phi) is 2.13. The monoisotopic (exact) mass is 191 g/mol. The standard InChI is InChI=1S/C10H13N3O/c1-6(11)4-9-8-3-2-7(14)5-10(8)13-12-9/h2-3,5-6,14H,4,11H2,1H3,(H,12,13). The molecule has 1 heterocycles. The Labute approximate surface area is 81.7 Å². The van der Waals surface area contributed by atoms with E-state index in [9.17, 15) is 5.11 Å². The van der Waals surface area contributed by atoms with E-state index in [4.69, 9.17) is 5.73 Å². The maximum absolute atomic E-state index is 9.25. The van der Waals surface area contributed by atoms with Crippen molar-refractivity contribution in [2.45, 2.75) is 19.4 Å². The lowest BCUT2D eigenvalue weighted by molar-refractivity contribution is 0.476. The topological polar surface area (TPSA) is 74.9 Å². The summed E-state index contributed by atoms with van der Waals surface area (Å²) in [4.78, 5) is 0. The second kappa shape index (κ2) is 3.31. The number of phenols is 1. The minimum absolute atomic E-state index is 0.0929. The molecule has 4 nitrogen and oxygen atoms in total. The van der Waals surface area contributed by atoms with Crippen LogP contribution in [0.25, 0.3) is 10.9 Å². The number of rotatable bonds is 2. The number of hydrogen-bond donors (Lipinski definition) is 3. The summed E-state index contributed by atoms with van der Waals surface area (Å²) in [5.41, 5.74) is 7.50. The SMILES string of the molecule is CC(N)Cc1n[nH]c2cc(O)ccc12. The van der Waals surface area contributed by atoms with E-state index in [2.05, 4.69) is 10.2 Å². The van der Waals surface area contributed by atoms with Crippen molar-refractivity contribution < 1.29 is 5.11 Å². The number of aromatic amines is 1. The van der Waals surface area contributed by atoms with E-state index in [1.165, 1.54) is 0 Å². The number of hydrogen-bond acceptors (Lipinski definition) is 3. The zero-order chi connectivity index (χ0) is 10.1. The second-order valence-electron chi connectivity index (χ2n) is 3.58. The molecule has 0 fully saturated rings. The molecule has 14 heavy (non-hydrogen) atoms. The van der Waals surface area contributed by atoms with Crippen molar-refractivity contribution in [2.24, 2.45) is 5.73 Å². The van der Waals surface area contributed by atoms with Crippen LogP contribution in [-0.2, 0) is 6.42 Å². The molecule has 1 atom stereocenters. The van der Waals surface area contributed by atoms with Crippen molar-refractivity contribution in [1.82, 2.24) is 10.2 Å². The quantitative estimate of drug-likeness (QED) is 0.666. The average Bonchev–Trinajstić information content (AvgIpc) is 2.47. The van der Waals surface area contributed by atoms with Crippen LogP contribution in [0.3, 0.4) is 0 Å². The van der Waals surface area contributed by atoms with Crippen LogP contribution in [0.1, 0.15) is 12.6 Å². The summed E-state index contributed by atoms with van der Waals surface area (Å²) in [5, 5.41) is 17.3. The van der Waals surface area contributed by atoms with Crippen LogP contribution in [0, 0.1) is 0 Å². The highest BCUT2D eigenvalue weighted by atomic mass is 16.3. The molecule has 0 saturated heterocycles. The number of fused-ring (bicyclic) bond motifs is 1. The van der Waals surface area contributed by atoms with E-state index >= 15 is 0 Å². The zero-order valence-corrected chi connectivity index (χ0v) is 7.99. The van der Waals surface area contributed by atoms with Gasteiger partial charge in [0.05, 0.1) is 11.2 Å². The van der Waals surface area contributed by atoms with Crippen LogP contribution < -0.4 is 5.73 Å². The number of H-pyrrole nitrogens is 1. The Bertz CT molecular complexity index is 448. The maximum Gasteiger partial charge on any atom is 0.117 e. The maximum atomic E-state index is 9.25. The van der Waals surface area contributed by atoms with Gasteiger partial charge in [0.25, 0.3) is 0 Å². The highest BCUT2D eigenvalue weighted by Gasteiger charge is 2.07. The summed E-state index contributed by atoms with van der Waals surface area (Å²) in [5.74, 6) is 0.244. The first-order valence-electron chi connectivity index (χ1n) is 4.58. The number of phenolic OH excluding ortho intramolecular Hbond substituents is 1. The first-order valence-corrected chi connectivity index (χ1v) is 4.58. The van der Waals surface area contributed by atoms with Gasteiger partial charge in [-0.25, -0.2) is 0 Å². The zero-order valence-electron chi connectivity index (χ0n) is 7.99. The number of nitrogens with zero attached hydrogens (tertiary/aromatic N) is 1. The molecule has 4 N–H and O–H groups in total. The van der Waals surface area contributed by atoms with Crippen LogP contribution in [-0.4, -0.2) is 21.3 Å². The normalized spacial score (nSPS) is 13.3. The van der Waals surface area contributed by atoms with Crippen molar-refractivity contribution in [3.05, 3.63) is 23.9 Å². The van der Waals surface area contributed by atoms with Gasteiger partial charge in [0.1, 0.15) is 5.75 Å². The molecule has 0 aliphatic heterocycles. The van der Waals surface area contributed by atoms with Gasteiger partial charge in [0.15, 0.2) is 0 Å². The fourth-order valence-electron chi connectivity index (χ4n) is 1.52. The van der Waals surface area contributed by atoms with Crippen LogP contribution >= 0.6 is 0 Å². The first-order chi connectivity index (χ1) is 6.66. The van der Waals surface area contributed by atoms with Crippen molar-refractivity contribution in [3.63, 3.8) is 0 Å². The van der Waals surface area contributed by atoms with Gasteiger partial charge in [0.2, 0.25) is 0 Å². The molecular formula is C10H13N3O. The molecule has 0 saturated carbocycles. The molecule has 0 aliphatic rings. The minimum atomic E-state index is 0.0929. The molecule has 74 valence electrons. The molecule has 1 unspecified atom stereocenters. The lowest BCUT2D eigenvalue weighted by Gasteiger charge is -2.01. The summed E-state index contributed by atoms with van der Waals surface area (Å²) >= 11 is 0. The number of nitrogens with one attached hydrogen (secondary N) is 1. The first kappa shape index (κ1) is 9.02. The van der Waals surface area contributed by atoms with Gasteiger partial charge in [0, 0.05) is 23.9 Å². The van der Waals surface area contributed by atoms with Gasteiger partial charge in [-0.2, -0.15) is 5.10 Å². The molecule has 1 aromatic carbocycles. The van der Waals surface area contributed by atoms with Crippen molar-refractivity contribution in [2.75, 3.05) is 0 Å². The summed E-state index contributed by atoms with van der Waals surface area (Å²) in [6.07, 6.45) is 0.741. The highest BCUT2D eigenvalue weighted by molar-refractivity contribution is 5.82. The largest absolute Gasteiger partial charge is 0.508 e. The summed E-state index contributed by atoms with van der Waals surface area (Å²) in [7, 11) is 0. The summed E-state index contributed by atoms with van der Waals surface area (Å²) in [6.45, 7) is 1.95. The predicted octanol–water partition coefficient (Wildman–Crippen LogP) is 1.16. The van der Waals surface area contributed by atoms with Crippen LogP contribution in [0.2, 0.25) is 0 Å². The number of benzene rings is 1. The van der Waals surface area contributed by atoms with E-state index < -0.39 is 0 Å².